The van der Waals surface area contributed by atoms with E-state index in [-0.39, 0.29) is 11.9 Å². The monoisotopic (exact) mass is 239 g/mol. The van der Waals surface area contributed by atoms with Crippen LogP contribution in [0.5, 0.6) is 5.75 Å². The van der Waals surface area contributed by atoms with Crippen LogP contribution in [0.1, 0.15) is 37.4 Å². The molecule has 0 saturated heterocycles. The Balaban J connectivity index is 2.52. The van der Waals surface area contributed by atoms with Gasteiger partial charge in [0.2, 0.25) is 0 Å². The molecule has 4 heteroatoms. The van der Waals surface area contributed by atoms with Crippen LogP contribution in [0.25, 0.3) is 0 Å². The Labute approximate surface area is 101 Å². The van der Waals surface area contributed by atoms with E-state index in [0.717, 1.165) is 17.5 Å². The molecule has 1 atom stereocenters. The van der Waals surface area contributed by atoms with Gasteiger partial charge in [0.15, 0.2) is 11.6 Å². The van der Waals surface area contributed by atoms with E-state index in [2.05, 4.69) is 5.48 Å². The van der Waals surface area contributed by atoms with Crippen LogP contribution in [0.3, 0.4) is 0 Å². The lowest BCUT2D eigenvalue weighted by Gasteiger charge is -2.38. The van der Waals surface area contributed by atoms with Gasteiger partial charge in [-0.25, -0.2) is 4.39 Å². The van der Waals surface area contributed by atoms with Gasteiger partial charge in [-0.2, -0.15) is 5.48 Å². The van der Waals surface area contributed by atoms with E-state index in [9.17, 15) is 4.39 Å². The quantitative estimate of drug-likeness (QED) is 0.805. The van der Waals surface area contributed by atoms with Gasteiger partial charge in [0.05, 0.1) is 13.2 Å². The third-order valence-electron chi connectivity index (χ3n) is 3.05. The lowest BCUT2D eigenvalue weighted by atomic mass is 9.88. The Kier molecular flexibility index (Phi) is 3.10. The van der Waals surface area contributed by atoms with E-state index >= 15 is 0 Å². The normalized spacial score (nSPS) is 21.8. The summed E-state index contributed by atoms with van der Waals surface area (Å²) in [5, 5.41) is 0. The predicted octanol–water partition coefficient (Wildman–Crippen LogP) is 2.89. The number of hydrogen-bond donors (Lipinski definition) is 1. The number of ether oxygens (including phenoxy) is 1. The fraction of sp³-hybridized carbons (Fsp3) is 0.538. The van der Waals surface area contributed by atoms with Crippen molar-refractivity contribution in [2.24, 2.45) is 0 Å². The first-order valence-electron chi connectivity index (χ1n) is 5.71. The highest BCUT2D eigenvalue weighted by atomic mass is 19.1. The average molecular weight is 239 g/mol. The van der Waals surface area contributed by atoms with Crippen molar-refractivity contribution in [3.05, 3.63) is 29.1 Å². The maximum Gasteiger partial charge on any atom is 0.165 e. The molecule has 2 rings (SSSR count). The molecule has 0 spiro atoms. The van der Waals surface area contributed by atoms with Gasteiger partial charge < -0.3 is 9.57 Å². The van der Waals surface area contributed by atoms with Crippen LogP contribution in [0.15, 0.2) is 12.1 Å². The summed E-state index contributed by atoms with van der Waals surface area (Å²) in [7, 11) is 1.57. The van der Waals surface area contributed by atoms with E-state index in [1.807, 2.05) is 20.8 Å². The maximum absolute atomic E-state index is 13.8. The van der Waals surface area contributed by atoms with Crippen molar-refractivity contribution in [1.29, 1.82) is 0 Å². The topological polar surface area (TPSA) is 30.5 Å². The smallest absolute Gasteiger partial charge is 0.165 e. The number of rotatable bonds is 2. The highest BCUT2D eigenvalue weighted by Crippen LogP contribution is 2.42. The van der Waals surface area contributed by atoms with Crippen molar-refractivity contribution < 1.29 is 14.0 Å². The van der Waals surface area contributed by atoms with Crippen molar-refractivity contribution in [2.45, 2.75) is 38.8 Å². The van der Waals surface area contributed by atoms with Crippen LogP contribution in [0.2, 0.25) is 0 Å². The number of hydrogen-bond acceptors (Lipinski definition) is 3. The minimum atomic E-state index is -0.405. The molecule has 0 aromatic heterocycles. The van der Waals surface area contributed by atoms with Gasteiger partial charge in [0, 0.05) is 12.0 Å². The van der Waals surface area contributed by atoms with Crippen LogP contribution in [-0.4, -0.2) is 12.7 Å². The minimum absolute atomic E-state index is 0.0468. The molecule has 1 unspecified atom stereocenters. The summed E-state index contributed by atoms with van der Waals surface area (Å²) in [6.07, 6.45) is 0.734. The van der Waals surface area contributed by atoms with E-state index in [4.69, 9.17) is 9.57 Å². The molecule has 3 nitrogen and oxygen atoms in total. The van der Waals surface area contributed by atoms with Gasteiger partial charge in [-0.15, -0.1) is 0 Å². The molecule has 0 saturated carbocycles. The molecular weight excluding hydrogens is 221 g/mol. The summed E-state index contributed by atoms with van der Waals surface area (Å²) in [5.74, 6) is 0.0251. The summed E-state index contributed by atoms with van der Waals surface area (Å²) in [4.78, 5) is 5.00. The summed E-state index contributed by atoms with van der Waals surface area (Å²) >= 11 is 0. The Morgan fingerprint density at radius 2 is 2.18 bits per heavy atom. The number of fused-ring (bicyclic) bond motifs is 1. The molecule has 1 aliphatic heterocycles. The molecule has 1 heterocycles. The summed E-state index contributed by atoms with van der Waals surface area (Å²) in [6.45, 7) is 5.84. The SMILES string of the molecule is CONC1CC(C)(C)Oc2c(F)ccc(C)c21. The van der Waals surface area contributed by atoms with Crippen LogP contribution in [0.4, 0.5) is 4.39 Å². The largest absolute Gasteiger partial charge is 0.484 e. The van der Waals surface area contributed by atoms with Crippen molar-refractivity contribution in [2.75, 3.05) is 7.11 Å². The molecule has 0 aliphatic carbocycles. The molecule has 94 valence electrons. The van der Waals surface area contributed by atoms with Crippen LogP contribution in [0, 0.1) is 12.7 Å². The number of benzene rings is 1. The number of halogens is 1. The van der Waals surface area contributed by atoms with Gasteiger partial charge >= 0.3 is 0 Å². The van der Waals surface area contributed by atoms with Crippen molar-refractivity contribution in [1.82, 2.24) is 5.48 Å². The maximum atomic E-state index is 13.8. The Morgan fingerprint density at radius 3 is 2.82 bits per heavy atom. The molecule has 1 N–H and O–H groups in total. The van der Waals surface area contributed by atoms with Crippen LogP contribution < -0.4 is 10.2 Å². The zero-order valence-corrected chi connectivity index (χ0v) is 10.6. The van der Waals surface area contributed by atoms with Crippen molar-refractivity contribution in [3.8, 4) is 5.75 Å². The van der Waals surface area contributed by atoms with Gasteiger partial charge in [-0.1, -0.05) is 6.07 Å². The first kappa shape index (κ1) is 12.3. The van der Waals surface area contributed by atoms with E-state index < -0.39 is 5.60 Å². The lowest BCUT2D eigenvalue weighted by Crippen LogP contribution is -2.40. The highest BCUT2D eigenvalue weighted by Gasteiger charge is 2.36. The molecule has 17 heavy (non-hydrogen) atoms. The molecular formula is C13H18FNO2. The van der Waals surface area contributed by atoms with Gasteiger partial charge in [0.1, 0.15) is 5.60 Å². The highest BCUT2D eigenvalue weighted by molar-refractivity contribution is 5.45. The summed E-state index contributed by atoms with van der Waals surface area (Å²) in [6, 6.07) is 3.16. The van der Waals surface area contributed by atoms with Gasteiger partial charge in [-0.3, -0.25) is 0 Å². The van der Waals surface area contributed by atoms with Crippen LogP contribution in [-0.2, 0) is 4.84 Å². The van der Waals surface area contributed by atoms with Gasteiger partial charge in [0.25, 0.3) is 0 Å². The minimum Gasteiger partial charge on any atom is -0.484 e. The fourth-order valence-electron chi connectivity index (χ4n) is 2.36. The molecule has 0 radical (unpaired) electrons. The molecule has 0 bridgehead atoms. The standard InChI is InChI=1S/C13H18FNO2/c1-8-5-6-9(14)12-11(8)10(15-16-4)7-13(2,3)17-12/h5-6,10,15H,7H2,1-4H3. The second-order valence-electron chi connectivity index (χ2n) is 5.05. The predicted molar refractivity (Wildman–Crippen MR) is 63.3 cm³/mol. The Morgan fingerprint density at radius 1 is 1.47 bits per heavy atom. The average Bonchev–Trinajstić information content (AvgIpc) is 2.22. The second-order valence-corrected chi connectivity index (χ2v) is 5.05. The zero-order chi connectivity index (χ0) is 12.6. The van der Waals surface area contributed by atoms with E-state index in [0.29, 0.717) is 5.75 Å². The first-order chi connectivity index (χ1) is 7.94. The third kappa shape index (κ3) is 2.28. The Bertz CT molecular complexity index is 432. The lowest BCUT2D eigenvalue weighted by molar-refractivity contribution is 0.000462. The third-order valence-corrected chi connectivity index (χ3v) is 3.05. The van der Waals surface area contributed by atoms with E-state index in [1.54, 1.807) is 13.2 Å². The summed E-state index contributed by atoms with van der Waals surface area (Å²) in [5.41, 5.74) is 4.37. The van der Waals surface area contributed by atoms with Crippen molar-refractivity contribution >= 4 is 0 Å². The van der Waals surface area contributed by atoms with Gasteiger partial charge in [-0.05, 0) is 32.4 Å². The molecule has 1 aromatic carbocycles. The molecule has 1 aromatic rings. The fourth-order valence-corrected chi connectivity index (χ4v) is 2.36. The molecule has 1 aliphatic rings. The summed E-state index contributed by atoms with van der Waals surface area (Å²) < 4.78 is 19.6. The van der Waals surface area contributed by atoms with E-state index in [1.165, 1.54) is 6.07 Å². The molecule has 0 amide bonds. The Hall–Kier alpha value is -1.13. The van der Waals surface area contributed by atoms with Crippen molar-refractivity contribution in [3.63, 3.8) is 0 Å². The molecule has 0 fully saturated rings. The zero-order valence-electron chi connectivity index (χ0n) is 10.6. The number of aryl methyl sites for hydroxylation is 1. The second kappa shape index (κ2) is 4.27. The number of nitrogens with one attached hydrogen (secondary N) is 1. The first-order valence-corrected chi connectivity index (χ1v) is 5.71. The van der Waals surface area contributed by atoms with Crippen LogP contribution >= 0.6 is 0 Å². The number of hydroxylamine groups is 1.